The van der Waals surface area contributed by atoms with Crippen LogP contribution < -0.4 is 26.6 Å². The molecule has 5 amide bonds. The lowest BCUT2D eigenvalue weighted by Crippen LogP contribution is -2.59. The first-order chi connectivity index (χ1) is 28.0. The van der Waals surface area contributed by atoms with Gasteiger partial charge in [-0.15, -0.1) is 11.8 Å². The third-order valence-corrected chi connectivity index (χ3v) is 11.0. The zero-order chi connectivity index (χ0) is 41.0. The van der Waals surface area contributed by atoms with Crippen molar-refractivity contribution < 1.29 is 39.0 Å². The number of carboxylic acids is 1. The molecule has 0 aromatic heterocycles. The van der Waals surface area contributed by atoms with Gasteiger partial charge < -0.3 is 36.8 Å². The summed E-state index contributed by atoms with van der Waals surface area (Å²) in [5.41, 5.74) is 4.12. The highest BCUT2D eigenvalue weighted by Crippen LogP contribution is 2.28. The number of fused-ring (bicyclic) bond motifs is 18. The molecule has 2 bridgehead atoms. The standard InChI is InChI=1S/C44H45N5O8S/c50-38-26-39(51)46-36(25-33-12-7-21-58-33)42(54)48-35(23-28-13-17-31(18-14-28)30-10-5-2-6-11-30)40(52)47-34(22-27-8-3-1-4-9-27)41(53)49-37(44(56)57)24-29-15-19-32(20-16-29)45-43(38)55/h1-11,13-21,33-38,50H,12,22-26H2,(H,45,55)(H,46,51)(H,47,52)(H,48,54)(H,49,53)(H,56,57)/t33?,34-,35-,36-,37-,38-/m1/s1. The molecule has 4 aromatic carbocycles. The van der Waals surface area contributed by atoms with E-state index < -0.39 is 72.2 Å². The normalized spacial score (nSPS) is 23.4. The number of carbonyl (C=O) groups is 6. The monoisotopic (exact) mass is 803 g/mol. The van der Waals surface area contributed by atoms with Crippen molar-refractivity contribution in [3.05, 3.63) is 137 Å². The number of aliphatic carboxylic acids is 1. The Balaban J connectivity index is 1.34. The molecule has 1 unspecified atom stereocenters. The number of aliphatic hydroxyl groups is 1. The summed E-state index contributed by atoms with van der Waals surface area (Å²) in [6.45, 7) is 0. The number of amides is 5. The number of rotatable bonds is 8. The molecule has 0 aliphatic carbocycles. The number of hydrogen-bond donors (Lipinski definition) is 7. The zero-order valence-corrected chi connectivity index (χ0v) is 32.3. The quantitative estimate of drug-likeness (QED) is 0.130. The van der Waals surface area contributed by atoms with Crippen LogP contribution >= 0.6 is 11.8 Å². The van der Waals surface area contributed by atoms with Crippen LogP contribution in [-0.2, 0) is 48.0 Å². The summed E-state index contributed by atoms with van der Waals surface area (Å²) in [5.74, 6) is -5.06. The van der Waals surface area contributed by atoms with E-state index in [4.69, 9.17) is 0 Å². The summed E-state index contributed by atoms with van der Waals surface area (Å²) in [6, 6.07) is 27.2. The molecule has 0 saturated heterocycles. The van der Waals surface area contributed by atoms with Gasteiger partial charge in [0.15, 0.2) is 0 Å². The summed E-state index contributed by atoms with van der Waals surface area (Å²) in [7, 11) is 0. The maximum Gasteiger partial charge on any atom is 0.326 e. The largest absolute Gasteiger partial charge is 0.480 e. The molecule has 0 spiro atoms. The van der Waals surface area contributed by atoms with Crippen molar-refractivity contribution in [2.75, 3.05) is 5.32 Å². The summed E-state index contributed by atoms with van der Waals surface area (Å²) in [5, 5.41) is 36.1. The summed E-state index contributed by atoms with van der Waals surface area (Å²) < 4.78 is 0. The molecule has 0 saturated carbocycles. The lowest BCUT2D eigenvalue weighted by molar-refractivity contribution is -0.142. The molecule has 58 heavy (non-hydrogen) atoms. The number of hydrogen-bond acceptors (Lipinski definition) is 8. The fraction of sp³-hybridized carbons (Fsp3) is 0.273. The van der Waals surface area contributed by atoms with Gasteiger partial charge in [-0.3, -0.25) is 24.0 Å². The van der Waals surface area contributed by atoms with Crippen molar-refractivity contribution >= 4 is 53.0 Å². The maximum atomic E-state index is 14.4. The van der Waals surface area contributed by atoms with Crippen LogP contribution in [0.3, 0.4) is 0 Å². The van der Waals surface area contributed by atoms with Crippen molar-refractivity contribution in [3.63, 3.8) is 0 Å². The molecule has 13 nitrogen and oxygen atoms in total. The van der Waals surface area contributed by atoms with E-state index in [0.29, 0.717) is 23.1 Å². The Bertz CT molecular complexity index is 2110. The zero-order valence-electron chi connectivity index (χ0n) is 31.5. The molecule has 14 heteroatoms. The highest BCUT2D eigenvalue weighted by atomic mass is 32.2. The lowest BCUT2D eigenvalue weighted by Gasteiger charge is -2.27. The van der Waals surface area contributed by atoms with Gasteiger partial charge in [-0.25, -0.2) is 4.79 Å². The molecule has 4 aromatic rings. The summed E-state index contributed by atoms with van der Waals surface area (Å²) in [6.07, 6.45) is 0.253. The van der Waals surface area contributed by atoms with Gasteiger partial charge in [0.1, 0.15) is 30.3 Å². The second-order valence-corrected chi connectivity index (χ2v) is 15.5. The van der Waals surface area contributed by atoms with Crippen molar-refractivity contribution in [1.29, 1.82) is 0 Å². The van der Waals surface area contributed by atoms with Crippen molar-refractivity contribution in [2.24, 2.45) is 0 Å². The van der Waals surface area contributed by atoms with E-state index in [2.05, 4.69) is 26.6 Å². The molecule has 0 fully saturated rings. The van der Waals surface area contributed by atoms with E-state index in [0.717, 1.165) is 11.1 Å². The minimum atomic E-state index is -1.76. The molecular formula is C44H45N5O8S. The smallest absolute Gasteiger partial charge is 0.326 e. The predicted molar refractivity (Wildman–Crippen MR) is 220 cm³/mol. The SMILES string of the molecule is O=C1C[C@@H](O)C(=O)Nc2ccc(cc2)C[C@H](C(=O)O)NC(=O)[C@@H](Cc2ccccc2)NC(=O)[C@@H](Cc2ccc(-c3ccccc3)cc2)NC(=O)[C@@H](CC2CC=CS2)N1. The second-order valence-electron chi connectivity index (χ2n) is 14.3. The van der Waals surface area contributed by atoms with E-state index in [-0.39, 0.29) is 36.6 Å². The average Bonchev–Trinajstić information content (AvgIpc) is 3.74. The van der Waals surface area contributed by atoms with E-state index in [9.17, 15) is 39.0 Å². The fourth-order valence-electron chi connectivity index (χ4n) is 6.77. The molecular weight excluding hydrogens is 759 g/mol. The van der Waals surface area contributed by atoms with E-state index >= 15 is 0 Å². The molecule has 3 aliphatic rings. The number of allylic oxidation sites excluding steroid dienone is 1. The molecule has 3 aliphatic heterocycles. The van der Waals surface area contributed by atoms with E-state index in [1.165, 1.54) is 23.9 Å². The lowest BCUT2D eigenvalue weighted by atomic mass is 9.99. The van der Waals surface area contributed by atoms with Crippen molar-refractivity contribution in [2.45, 2.75) is 74.0 Å². The van der Waals surface area contributed by atoms with Crippen LogP contribution in [0, 0.1) is 0 Å². The van der Waals surface area contributed by atoms with E-state index in [1.807, 2.05) is 66.1 Å². The van der Waals surface area contributed by atoms with Gasteiger partial charge in [0, 0.05) is 30.2 Å². The van der Waals surface area contributed by atoms with Gasteiger partial charge in [0.05, 0.1) is 6.42 Å². The van der Waals surface area contributed by atoms with Crippen LogP contribution in [0.25, 0.3) is 11.1 Å². The van der Waals surface area contributed by atoms with Gasteiger partial charge in [0.25, 0.3) is 5.91 Å². The Morgan fingerprint density at radius 3 is 1.79 bits per heavy atom. The van der Waals surface area contributed by atoms with Gasteiger partial charge in [-0.2, -0.15) is 0 Å². The first kappa shape index (κ1) is 41.4. The Hall–Kier alpha value is -6.25. The number of carbonyl (C=O) groups excluding carboxylic acids is 5. The van der Waals surface area contributed by atoms with Gasteiger partial charge >= 0.3 is 5.97 Å². The number of carboxylic acid groups (broad SMARTS) is 1. The number of aliphatic hydroxyl groups excluding tert-OH is 1. The molecule has 7 rings (SSSR count). The maximum absolute atomic E-state index is 14.4. The first-order valence-electron chi connectivity index (χ1n) is 19.0. The minimum absolute atomic E-state index is 0.000815. The van der Waals surface area contributed by atoms with Crippen LogP contribution in [0.15, 0.2) is 121 Å². The molecule has 0 radical (unpaired) electrons. The number of thioether (sulfide) groups is 1. The number of anilines is 1. The van der Waals surface area contributed by atoms with Crippen molar-refractivity contribution in [3.8, 4) is 11.1 Å². The molecule has 300 valence electrons. The van der Waals surface area contributed by atoms with Crippen LogP contribution in [-0.4, -0.2) is 81.2 Å². The van der Waals surface area contributed by atoms with Crippen LogP contribution in [0.4, 0.5) is 5.69 Å². The molecule has 3 heterocycles. The third-order valence-electron chi connectivity index (χ3n) is 9.92. The molecule has 7 N–H and O–H groups in total. The second kappa shape index (κ2) is 19.7. The third kappa shape index (κ3) is 11.6. The van der Waals surface area contributed by atoms with Gasteiger partial charge in [-0.1, -0.05) is 103 Å². The highest BCUT2D eigenvalue weighted by Gasteiger charge is 2.34. The molecule has 6 atom stereocenters. The average molecular weight is 804 g/mol. The van der Waals surface area contributed by atoms with Gasteiger partial charge in [0.2, 0.25) is 23.6 Å². The Kier molecular flexibility index (Phi) is 14.1. The van der Waals surface area contributed by atoms with E-state index in [1.54, 1.807) is 42.5 Å². The number of benzene rings is 4. The Morgan fingerprint density at radius 2 is 1.19 bits per heavy atom. The van der Waals surface area contributed by atoms with Crippen LogP contribution in [0.1, 0.15) is 36.0 Å². The van der Waals surface area contributed by atoms with Gasteiger partial charge in [-0.05, 0) is 58.2 Å². The summed E-state index contributed by atoms with van der Waals surface area (Å²) >= 11 is 1.50. The minimum Gasteiger partial charge on any atom is -0.480 e. The fourth-order valence-corrected chi connectivity index (χ4v) is 7.74. The van der Waals surface area contributed by atoms with Crippen LogP contribution in [0.5, 0.6) is 0 Å². The predicted octanol–water partition coefficient (Wildman–Crippen LogP) is 3.52. The first-order valence-corrected chi connectivity index (χ1v) is 19.9. The Labute approximate surface area is 340 Å². The number of nitrogens with one attached hydrogen (secondary N) is 5. The topological polar surface area (TPSA) is 203 Å². The van der Waals surface area contributed by atoms with Crippen molar-refractivity contribution in [1.82, 2.24) is 21.3 Å². The highest BCUT2D eigenvalue weighted by molar-refractivity contribution is 8.03. The Morgan fingerprint density at radius 1 is 0.621 bits per heavy atom. The van der Waals surface area contributed by atoms with Crippen LogP contribution in [0.2, 0.25) is 0 Å². The summed E-state index contributed by atoms with van der Waals surface area (Å²) in [4.78, 5) is 81.2.